The van der Waals surface area contributed by atoms with Crippen LogP contribution in [-0.2, 0) is 12.8 Å². The van der Waals surface area contributed by atoms with E-state index < -0.39 is 0 Å². The van der Waals surface area contributed by atoms with Gasteiger partial charge in [0, 0.05) is 6.61 Å². The van der Waals surface area contributed by atoms with Gasteiger partial charge in [-0.2, -0.15) is 0 Å². The van der Waals surface area contributed by atoms with Crippen LogP contribution in [0.2, 0.25) is 0 Å². The van der Waals surface area contributed by atoms with Crippen molar-refractivity contribution in [1.29, 1.82) is 0 Å². The van der Waals surface area contributed by atoms with Gasteiger partial charge in [-0.3, -0.25) is 0 Å². The Bertz CT molecular complexity index is 266. The van der Waals surface area contributed by atoms with E-state index in [0.29, 0.717) is 6.61 Å². The van der Waals surface area contributed by atoms with Crippen molar-refractivity contribution < 1.29 is 5.11 Å². The smallest absolute Gasteiger partial charge is 0.0491 e. The molecule has 0 saturated heterocycles. The number of rotatable bonds is 1. The Kier molecular flexibility index (Phi) is 3.70. The second kappa shape index (κ2) is 4.61. The monoisotopic (exact) mass is 192 g/mol. The maximum Gasteiger partial charge on any atom is 0.0491 e. The molecule has 0 atom stereocenters. The molecule has 0 saturated carbocycles. The van der Waals surface area contributed by atoms with E-state index in [1.807, 2.05) is 13.8 Å². The molecular weight excluding hydrogens is 172 g/mol. The molecule has 2 rings (SSSR count). The fourth-order valence-corrected chi connectivity index (χ4v) is 2.00. The first-order valence-corrected chi connectivity index (χ1v) is 5.41. The minimum absolute atomic E-state index is 0.101. The van der Waals surface area contributed by atoms with Crippen molar-refractivity contribution in [2.75, 3.05) is 6.61 Å². The maximum atomic E-state index is 9.20. The van der Waals surface area contributed by atoms with Gasteiger partial charge in [-0.1, -0.05) is 45.0 Å². The number of hydrogen-bond acceptors (Lipinski definition) is 1. The van der Waals surface area contributed by atoms with Crippen LogP contribution in [-0.4, -0.2) is 11.7 Å². The predicted octanol–water partition coefficient (Wildman–Crippen LogP) is 2.81. The molecule has 1 aromatic rings. The van der Waals surface area contributed by atoms with Crippen LogP contribution in [0.4, 0.5) is 0 Å². The van der Waals surface area contributed by atoms with Gasteiger partial charge >= 0.3 is 0 Å². The van der Waals surface area contributed by atoms with E-state index in [-0.39, 0.29) is 5.41 Å². The number of aliphatic hydroxyl groups is 1. The van der Waals surface area contributed by atoms with Crippen molar-refractivity contribution in [2.24, 2.45) is 5.41 Å². The van der Waals surface area contributed by atoms with Crippen LogP contribution in [0.15, 0.2) is 24.3 Å². The van der Waals surface area contributed by atoms with Gasteiger partial charge < -0.3 is 5.11 Å². The van der Waals surface area contributed by atoms with Crippen LogP contribution < -0.4 is 0 Å². The summed E-state index contributed by atoms with van der Waals surface area (Å²) in [5.74, 6) is 0. The molecule has 0 aliphatic heterocycles. The zero-order chi connectivity index (χ0) is 10.6. The third kappa shape index (κ3) is 2.16. The van der Waals surface area contributed by atoms with Crippen LogP contribution >= 0.6 is 0 Å². The second-order valence-electron chi connectivity index (χ2n) is 4.09. The van der Waals surface area contributed by atoms with Gasteiger partial charge in [0.1, 0.15) is 0 Å². The highest BCUT2D eigenvalue weighted by atomic mass is 16.3. The van der Waals surface area contributed by atoms with E-state index >= 15 is 0 Å². The van der Waals surface area contributed by atoms with Gasteiger partial charge in [0.25, 0.3) is 0 Å². The Hall–Kier alpha value is -0.820. The average Bonchev–Trinajstić information content (AvgIpc) is 2.58. The van der Waals surface area contributed by atoms with E-state index in [1.165, 1.54) is 11.1 Å². The summed E-state index contributed by atoms with van der Waals surface area (Å²) in [5.41, 5.74) is 2.92. The largest absolute Gasteiger partial charge is 0.396 e. The van der Waals surface area contributed by atoms with E-state index in [4.69, 9.17) is 0 Å². The molecule has 0 aromatic heterocycles. The predicted molar refractivity (Wildman–Crippen MR) is 60.4 cm³/mol. The van der Waals surface area contributed by atoms with Crippen molar-refractivity contribution in [2.45, 2.75) is 33.6 Å². The normalized spacial score (nSPS) is 16.9. The molecule has 0 unspecified atom stereocenters. The molecule has 78 valence electrons. The molecule has 0 spiro atoms. The number of fused-ring (bicyclic) bond motifs is 1. The topological polar surface area (TPSA) is 20.2 Å². The third-order valence-electron chi connectivity index (χ3n) is 2.73. The summed E-state index contributed by atoms with van der Waals surface area (Å²) in [6, 6.07) is 8.47. The zero-order valence-corrected chi connectivity index (χ0v) is 9.38. The molecule has 14 heavy (non-hydrogen) atoms. The van der Waals surface area contributed by atoms with Crippen LogP contribution in [0, 0.1) is 5.41 Å². The Morgan fingerprint density at radius 3 is 1.93 bits per heavy atom. The Labute approximate surface area is 86.8 Å². The zero-order valence-electron chi connectivity index (χ0n) is 9.38. The van der Waals surface area contributed by atoms with E-state index in [1.54, 1.807) is 0 Å². The van der Waals surface area contributed by atoms with Gasteiger partial charge in [0.2, 0.25) is 0 Å². The summed E-state index contributed by atoms with van der Waals surface area (Å²) in [6.07, 6.45) is 2.05. The molecule has 1 heteroatoms. The highest BCUT2D eigenvalue weighted by molar-refractivity contribution is 5.33. The summed E-state index contributed by atoms with van der Waals surface area (Å²) in [4.78, 5) is 0. The molecule has 0 amide bonds. The van der Waals surface area contributed by atoms with Crippen molar-refractivity contribution in [3.05, 3.63) is 35.4 Å². The minimum Gasteiger partial charge on any atom is -0.396 e. The van der Waals surface area contributed by atoms with Gasteiger partial charge in [0.15, 0.2) is 0 Å². The highest BCUT2D eigenvalue weighted by Gasteiger charge is 2.31. The van der Waals surface area contributed by atoms with Crippen LogP contribution in [0.1, 0.15) is 31.9 Å². The lowest BCUT2D eigenvalue weighted by Crippen LogP contribution is -2.21. The van der Waals surface area contributed by atoms with Gasteiger partial charge in [-0.05, 0) is 29.4 Å². The molecule has 1 nitrogen and oxygen atoms in total. The first-order chi connectivity index (χ1) is 6.73. The minimum atomic E-state index is 0.101. The molecule has 1 aliphatic rings. The van der Waals surface area contributed by atoms with Crippen molar-refractivity contribution in [3.8, 4) is 0 Å². The quantitative estimate of drug-likeness (QED) is 0.725. The van der Waals surface area contributed by atoms with E-state index in [2.05, 4.69) is 31.2 Å². The fraction of sp³-hybridized carbons (Fsp3) is 0.538. The standard InChI is InChI=1S/C11H14O.C2H6/c1-11(8-12)6-9-4-2-3-5-10(9)7-11;1-2/h2-5,12H,6-8H2,1H3;1-2H3. The maximum absolute atomic E-state index is 9.20. The Morgan fingerprint density at radius 1 is 1.14 bits per heavy atom. The van der Waals surface area contributed by atoms with E-state index in [0.717, 1.165) is 12.8 Å². The average molecular weight is 192 g/mol. The fourth-order valence-electron chi connectivity index (χ4n) is 2.00. The van der Waals surface area contributed by atoms with Gasteiger partial charge in [-0.15, -0.1) is 0 Å². The summed E-state index contributed by atoms with van der Waals surface area (Å²) < 4.78 is 0. The molecule has 0 fully saturated rings. The Balaban J connectivity index is 0.000000461. The van der Waals surface area contributed by atoms with Crippen LogP contribution in [0.25, 0.3) is 0 Å². The lowest BCUT2D eigenvalue weighted by atomic mass is 9.88. The first-order valence-electron chi connectivity index (χ1n) is 5.41. The molecule has 0 radical (unpaired) electrons. The number of hydrogen-bond donors (Lipinski definition) is 1. The van der Waals surface area contributed by atoms with Crippen molar-refractivity contribution >= 4 is 0 Å². The molecule has 0 heterocycles. The summed E-state index contributed by atoms with van der Waals surface area (Å²) >= 11 is 0. The summed E-state index contributed by atoms with van der Waals surface area (Å²) in [7, 11) is 0. The number of benzene rings is 1. The highest BCUT2D eigenvalue weighted by Crippen LogP contribution is 2.35. The number of aliphatic hydroxyl groups excluding tert-OH is 1. The van der Waals surface area contributed by atoms with Gasteiger partial charge in [0.05, 0.1) is 0 Å². The SMILES string of the molecule is CC.CC1(CO)Cc2ccccc2C1. The third-order valence-corrected chi connectivity index (χ3v) is 2.73. The van der Waals surface area contributed by atoms with Crippen molar-refractivity contribution in [1.82, 2.24) is 0 Å². The lowest BCUT2D eigenvalue weighted by molar-refractivity contribution is 0.152. The summed E-state index contributed by atoms with van der Waals surface area (Å²) in [5, 5.41) is 9.20. The molecule has 1 aromatic carbocycles. The van der Waals surface area contributed by atoms with Crippen molar-refractivity contribution in [3.63, 3.8) is 0 Å². The first kappa shape index (κ1) is 11.3. The van der Waals surface area contributed by atoms with Gasteiger partial charge in [-0.25, -0.2) is 0 Å². The van der Waals surface area contributed by atoms with Crippen LogP contribution in [0.3, 0.4) is 0 Å². The van der Waals surface area contributed by atoms with E-state index in [9.17, 15) is 5.11 Å². The summed E-state index contributed by atoms with van der Waals surface area (Å²) in [6.45, 7) is 6.44. The Morgan fingerprint density at radius 2 is 1.57 bits per heavy atom. The van der Waals surface area contributed by atoms with Crippen LogP contribution in [0.5, 0.6) is 0 Å². The molecule has 1 aliphatic carbocycles. The molecular formula is C13H20O. The molecule has 0 bridgehead atoms. The molecule has 1 N–H and O–H groups in total. The second-order valence-corrected chi connectivity index (χ2v) is 4.09. The lowest BCUT2D eigenvalue weighted by Gasteiger charge is -2.19.